The average Bonchev–Trinajstić information content (AvgIpc) is 2.92. The predicted molar refractivity (Wildman–Crippen MR) is 81.7 cm³/mol. The van der Waals surface area contributed by atoms with Gasteiger partial charge in [-0.3, -0.25) is 9.69 Å². The van der Waals surface area contributed by atoms with Crippen molar-refractivity contribution < 1.29 is 4.79 Å². The average molecular weight is 296 g/mol. The number of benzene rings is 1. The molecule has 3 atom stereocenters. The van der Waals surface area contributed by atoms with Gasteiger partial charge in [-0.15, -0.1) is 12.4 Å². The Balaban J connectivity index is 0.00000147. The second-order valence-electron chi connectivity index (χ2n) is 5.92. The first kappa shape index (κ1) is 15.3. The zero-order valence-corrected chi connectivity index (χ0v) is 12.3. The van der Waals surface area contributed by atoms with Crippen LogP contribution in [0.15, 0.2) is 24.3 Å². The van der Waals surface area contributed by atoms with Gasteiger partial charge < -0.3 is 11.5 Å². The van der Waals surface area contributed by atoms with E-state index in [1.54, 1.807) is 6.07 Å². The molecule has 1 saturated carbocycles. The molecule has 0 spiro atoms. The highest BCUT2D eigenvalue weighted by Gasteiger charge is 2.40. The van der Waals surface area contributed by atoms with Gasteiger partial charge in [0.25, 0.3) is 0 Å². The van der Waals surface area contributed by atoms with Crippen molar-refractivity contribution in [1.82, 2.24) is 4.90 Å². The third-order valence-electron chi connectivity index (χ3n) is 4.61. The monoisotopic (exact) mass is 295 g/mol. The molecule has 3 rings (SSSR count). The van der Waals surface area contributed by atoms with Gasteiger partial charge >= 0.3 is 0 Å². The van der Waals surface area contributed by atoms with Gasteiger partial charge in [0.2, 0.25) is 5.91 Å². The van der Waals surface area contributed by atoms with Crippen molar-refractivity contribution in [1.29, 1.82) is 0 Å². The molecule has 1 heterocycles. The molecule has 0 bridgehead atoms. The minimum Gasteiger partial charge on any atom is -0.366 e. The number of nitrogens with two attached hydrogens (primary N) is 2. The fourth-order valence-corrected chi connectivity index (χ4v) is 3.61. The summed E-state index contributed by atoms with van der Waals surface area (Å²) in [6, 6.07) is 8.00. The molecular formula is C15H22ClN3O. The number of carbonyl (C=O) groups excluding carboxylic acids is 1. The van der Waals surface area contributed by atoms with Crippen LogP contribution in [0.4, 0.5) is 0 Å². The number of halogens is 1. The highest BCUT2D eigenvalue weighted by Crippen LogP contribution is 2.37. The minimum absolute atomic E-state index is 0. The van der Waals surface area contributed by atoms with Gasteiger partial charge in [0.15, 0.2) is 0 Å². The number of nitrogens with zero attached hydrogens (tertiary/aromatic N) is 1. The number of carbonyl (C=O) groups is 1. The number of rotatable bonds is 3. The van der Waals surface area contributed by atoms with Crippen molar-refractivity contribution in [2.75, 3.05) is 13.1 Å². The van der Waals surface area contributed by atoms with Gasteiger partial charge in [-0.25, -0.2) is 0 Å². The summed E-state index contributed by atoms with van der Waals surface area (Å²) in [7, 11) is 0. The smallest absolute Gasteiger partial charge is 0.248 e. The summed E-state index contributed by atoms with van der Waals surface area (Å²) < 4.78 is 0. The van der Waals surface area contributed by atoms with Crippen LogP contribution >= 0.6 is 12.4 Å². The SMILES string of the molecule is Cl.NC(=O)c1cccc(CN2CC3CCC(N)C3C2)c1. The van der Waals surface area contributed by atoms with Crippen LogP contribution in [0.2, 0.25) is 0 Å². The van der Waals surface area contributed by atoms with Gasteiger partial charge in [0, 0.05) is 31.2 Å². The lowest BCUT2D eigenvalue weighted by molar-refractivity contribution is 0.1000. The van der Waals surface area contributed by atoms with E-state index in [1.165, 1.54) is 12.8 Å². The molecule has 4 N–H and O–H groups in total. The van der Waals surface area contributed by atoms with Gasteiger partial charge in [-0.1, -0.05) is 12.1 Å². The molecular weight excluding hydrogens is 274 g/mol. The largest absolute Gasteiger partial charge is 0.366 e. The molecule has 1 amide bonds. The van der Waals surface area contributed by atoms with Crippen molar-refractivity contribution in [3.05, 3.63) is 35.4 Å². The summed E-state index contributed by atoms with van der Waals surface area (Å²) >= 11 is 0. The van der Waals surface area contributed by atoms with Gasteiger partial charge in [-0.05, 0) is 42.4 Å². The zero-order chi connectivity index (χ0) is 13.4. The fraction of sp³-hybridized carbons (Fsp3) is 0.533. The maximum Gasteiger partial charge on any atom is 0.248 e. The maximum atomic E-state index is 11.2. The van der Waals surface area contributed by atoms with Gasteiger partial charge in [0.05, 0.1) is 0 Å². The Morgan fingerprint density at radius 3 is 2.80 bits per heavy atom. The van der Waals surface area contributed by atoms with Crippen LogP contribution in [0.3, 0.4) is 0 Å². The Morgan fingerprint density at radius 1 is 1.30 bits per heavy atom. The fourth-order valence-electron chi connectivity index (χ4n) is 3.61. The molecule has 5 heteroatoms. The normalized spacial score (nSPS) is 28.9. The van der Waals surface area contributed by atoms with Gasteiger partial charge in [0.1, 0.15) is 0 Å². The first-order valence-corrected chi connectivity index (χ1v) is 7.00. The van der Waals surface area contributed by atoms with E-state index in [2.05, 4.69) is 11.0 Å². The maximum absolute atomic E-state index is 11.2. The summed E-state index contributed by atoms with van der Waals surface area (Å²) in [5.41, 5.74) is 13.2. The van der Waals surface area contributed by atoms with Crippen molar-refractivity contribution in [3.63, 3.8) is 0 Å². The molecule has 110 valence electrons. The standard InChI is InChI=1S/C15H21N3O.ClH/c16-14-5-4-12-8-18(9-13(12)14)7-10-2-1-3-11(6-10)15(17)19;/h1-3,6,12-14H,4-5,7-9,16H2,(H2,17,19);1H. The third kappa shape index (κ3) is 2.97. The Labute approximate surface area is 125 Å². The first-order valence-electron chi connectivity index (χ1n) is 7.00. The molecule has 0 aromatic heterocycles. The minimum atomic E-state index is -0.359. The number of hydrogen-bond donors (Lipinski definition) is 2. The van der Waals surface area contributed by atoms with E-state index in [1.807, 2.05) is 12.1 Å². The summed E-state index contributed by atoms with van der Waals surface area (Å²) in [5, 5.41) is 0. The van der Waals surface area contributed by atoms with Crippen molar-refractivity contribution in [2.24, 2.45) is 23.3 Å². The van der Waals surface area contributed by atoms with E-state index in [0.29, 0.717) is 17.5 Å². The lowest BCUT2D eigenvalue weighted by atomic mass is 9.98. The van der Waals surface area contributed by atoms with Crippen LogP contribution in [0, 0.1) is 11.8 Å². The van der Waals surface area contributed by atoms with Crippen LogP contribution in [0.25, 0.3) is 0 Å². The third-order valence-corrected chi connectivity index (χ3v) is 4.61. The summed E-state index contributed by atoms with van der Waals surface area (Å²) in [5.74, 6) is 1.08. The van der Waals surface area contributed by atoms with E-state index >= 15 is 0 Å². The molecule has 4 nitrogen and oxygen atoms in total. The van der Waals surface area contributed by atoms with E-state index in [0.717, 1.165) is 31.1 Å². The number of primary amides is 1. The molecule has 1 aliphatic carbocycles. The summed E-state index contributed by atoms with van der Waals surface area (Å²) in [6.07, 6.45) is 2.45. The number of fused-ring (bicyclic) bond motifs is 1. The van der Waals surface area contributed by atoms with E-state index in [4.69, 9.17) is 11.5 Å². The van der Waals surface area contributed by atoms with Crippen molar-refractivity contribution in [2.45, 2.75) is 25.4 Å². The van der Waals surface area contributed by atoms with E-state index < -0.39 is 0 Å². The Morgan fingerprint density at radius 2 is 2.10 bits per heavy atom. The molecule has 1 aliphatic heterocycles. The molecule has 0 radical (unpaired) electrons. The Bertz CT molecular complexity index is 494. The second kappa shape index (κ2) is 6.12. The molecule has 1 saturated heterocycles. The van der Waals surface area contributed by atoms with E-state index in [9.17, 15) is 4.79 Å². The molecule has 20 heavy (non-hydrogen) atoms. The van der Waals surface area contributed by atoms with Crippen LogP contribution in [-0.2, 0) is 6.54 Å². The predicted octanol–water partition coefficient (Wildman–Crippen LogP) is 1.38. The highest BCUT2D eigenvalue weighted by atomic mass is 35.5. The molecule has 3 unspecified atom stereocenters. The molecule has 2 fully saturated rings. The first-order chi connectivity index (χ1) is 9.13. The quantitative estimate of drug-likeness (QED) is 0.885. The second-order valence-corrected chi connectivity index (χ2v) is 5.92. The van der Waals surface area contributed by atoms with Crippen molar-refractivity contribution >= 4 is 18.3 Å². The van der Waals surface area contributed by atoms with Crippen molar-refractivity contribution in [3.8, 4) is 0 Å². The Kier molecular flexibility index (Phi) is 4.68. The number of likely N-dealkylation sites (tertiary alicyclic amines) is 1. The van der Waals surface area contributed by atoms with Crippen LogP contribution in [0.1, 0.15) is 28.8 Å². The van der Waals surface area contributed by atoms with Gasteiger partial charge in [-0.2, -0.15) is 0 Å². The highest BCUT2D eigenvalue weighted by molar-refractivity contribution is 5.92. The summed E-state index contributed by atoms with van der Waals surface area (Å²) in [6.45, 7) is 3.12. The number of amides is 1. The lowest BCUT2D eigenvalue weighted by Crippen LogP contribution is -2.30. The number of hydrogen-bond acceptors (Lipinski definition) is 3. The molecule has 2 aliphatic rings. The van der Waals surface area contributed by atoms with E-state index in [-0.39, 0.29) is 18.3 Å². The topological polar surface area (TPSA) is 72.4 Å². The molecule has 1 aromatic rings. The lowest BCUT2D eigenvalue weighted by Gasteiger charge is -2.18. The van der Waals surface area contributed by atoms with Crippen LogP contribution < -0.4 is 11.5 Å². The Hall–Kier alpha value is -1.10. The zero-order valence-electron chi connectivity index (χ0n) is 11.5. The van der Waals surface area contributed by atoms with Crippen LogP contribution in [0.5, 0.6) is 0 Å². The summed E-state index contributed by atoms with van der Waals surface area (Å²) in [4.78, 5) is 13.6. The molecule has 1 aromatic carbocycles. The van der Waals surface area contributed by atoms with Crippen LogP contribution in [-0.4, -0.2) is 29.9 Å².